The van der Waals surface area contributed by atoms with Gasteiger partial charge in [-0.2, -0.15) is 13.2 Å². The van der Waals surface area contributed by atoms with E-state index in [4.69, 9.17) is 0 Å². The number of thiazole rings is 1. The standard InChI is InChI=1S/C19H14F4N2OS/c1-11-16(27-18(25-11)13-7-3-5-9-15(13)20)10-24-17(26)12-6-2-4-8-14(12)19(21,22)23/h2-9H,10H2,1H3,(H,24,26). The molecule has 0 saturated carbocycles. The van der Waals surface area contributed by atoms with Crippen LogP contribution in [0, 0.1) is 12.7 Å². The Morgan fingerprint density at radius 3 is 2.48 bits per heavy atom. The molecule has 1 N–H and O–H groups in total. The van der Waals surface area contributed by atoms with Gasteiger partial charge in [-0.15, -0.1) is 11.3 Å². The molecule has 2 aromatic carbocycles. The van der Waals surface area contributed by atoms with Crippen molar-refractivity contribution in [3.63, 3.8) is 0 Å². The number of hydrogen-bond donors (Lipinski definition) is 1. The molecule has 0 radical (unpaired) electrons. The zero-order valence-electron chi connectivity index (χ0n) is 14.1. The lowest BCUT2D eigenvalue weighted by Gasteiger charge is -2.12. The molecular weight excluding hydrogens is 380 g/mol. The molecular formula is C19H14F4N2OS. The largest absolute Gasteiger partial charge is 0.417 e. The predicted octanol–water partition coefficient (Wildman–Crippen LogP) is 5.21. The molecule has 0 unspecified atom stereocenters. The summed E-state index contributed by atoms with van der Waals surface area (Å²) in [6.45, 7) is 1.70. The third-order valence-electron chi connectivity index (χ3n) is 3.88. The third-order valence-corrected chi connectivity index (χ3v) is 5.07. The lowest BCUT2D eigenvalue weighted by Crippen LogP contribution is -2.25. The van der Waals surface area contributed by atoms with Gasteiger partial charge in [-0.05, 0) is 31.2 Å². The number of aryl methyl sites for hydroxylation is 1. The maximum atomic E-state index is 13.9. The zero-order valence-corrected chi connectivity index (χ0v) is 14.9. The van der Waals surface area contributed by atoms with Crippen LogP contribution in [0.25, 0.3) is 10.6 Å². The second kappa shape index (κ2) is 7.48. The number of carbonyl (C=O) groups excluding carboxylic acids is 1. The number of amides is 1. The van der Waals surface area contributed by atoms with E-state index in [1.165, 1.54) is 29.5 Å². The van der Waals surface area contributed by atoms with Crippen LogP contribution in [0.1, 0.15) is 26.5 Å². The van der Waals surface area contributed by atoms with Crippen molar-refractivity contribution in [1.82, 2.24) is 10.3 Å². The fourth-order valence-corrected chi connectivity index (χ4v) is 3.56. The van der Waals surface area contributed by atoms with E-state index in [1.54, 1.807) is 25.1 Å². The van der Waals surface area contributed by atoms with Crippen molar-refractivity contribution in [2.75, 3.05) is 0 Å². The summed E-state index contributed by atoms with van der Waals surface area (Å²) in [5.41, 5.74) is -0.509. The van der Waals surface area contributed by atoms with Crippen LogP contribution in [-0.2, 0) is 12.7 Å². The van der Waals surface area contributed by atoms with Crippen LogP contribution in [0.5, 0.6) is 0 Å². The smallest absolute Gasteiger partial charge is 0.347 e. The van der Waals surface area contributed by atoms with Gasteiger partial charge in [0.05, 0.1) is 23.4 Å². The molecule has 3 rings (SSSR count). The van der Waals surface area contributed by atoms with Gasteiger partial charge in [0.1, 0.15) is 10.8 Å². The van der Waals surface area contributed by atoms with Gasteiger partial charge in [0, 0.05) is 10.4 Å². The minimum Gasteiger partial charge on any atom is -0.347 e. The summed E-state index contributed by atoms with van der Waals surface area (Å²) in [6, 6.07) is 10.8. The number of alkyl halides is 3. The van der Waals surface area contributed by atoms with Crippen LogP contribution < -0.4 is 5.32 Å². The number of rotatable bonds is 4. The Balaban J connectivity index is 1.79. The Labute approximate surface area is 156 Å². The van der Waals surface area contributed by atoms with Gasteiger partial charge in [0.15, 0.2) is 0 Å². The van der Waals surface area contributed by atoms with E-state index in [2.05, 4.69) is 10.3 Å². The van der Waals surface area contributed by atoms with E-state index in [-0.39, 0.29) is 6.54 Å². The molecule has 1 heterocycles. The van der Waals surface area contributed by atoms with Crippen molar-refractivity contribution in [1.29, 1.82) is 0 Å². The number of nitrogens with zero attached hydrogens (tertiary/aromatic N) is 1. The number of benzene rings is 2. The summed E-state index contributed by atoms with van der Waals surface area (Å²) in [5.74, 6) is -1.25. The summed E-state index contributed by atoms with van der Waals surface area (Å²) < 4.78 is 53.0. The van der Waals surface area contributed by atoms with E-state index in [0.29, 0.717) is 21.1 Å². The number of aromatic nitrogens is 1. The minimum absolute atomic E-state index is 0.00295. The van der Waals surface area contributed by atoms with Gasteiger partial charge in [-0.1, -0.05) is 24.3 Å². The van der Waals surface area contributed by atoms with Crippen LogP contribution >= 0.6 is 11.3 Å². The molecule has 1 aromatic heterocycles. The van der Waals surface area contributed by atoms with Crippen LogP contribution in [-0.4, -0.2) is 10.9 Å². The first-order chi connectivity index (χ1) is 12.8. The number of halogens is 4. The molecule has 0 saturated heterocycles. The molecule has 140 valence electrons. The second-order valence-corrected chi connectivity index (χ2v) is 6.82. The fraction of sp³-hybridized carbons (Fsp3) is 0.158. The van der Waals surface area contributed by atoms with Gasteiger partial charge in [-0.3, -0.25) is 4.79 Å². The molecule has 0 spiro atoms. The molecule has 1 amide bonds. The Hall–Kier alpha value is -2.74. The first kappa shape index (κ1) is 19.0. The molecule has 0 atom stereocenters. The van der Waals surface area contributed by atoms with E-state index in [0.717, 1.165) is 12.1 Å². The van der Waals surface area contributed by atoms with Crippen molar-refractivity contribution in [2.24, 2.45) is 0 Å². The highest BCUT2D eigenvalue weighted by Gasteiger charge is 2.34. The lowest BCUT2D eigenvalue weighted by molar-refractivity contribution is -0.137. The van der Waals surface area contributed by atoms with Crippen molar-refractivity contribution in [2.45, 2.75) is 19.6 Å². The van der Waals surface area contributed by atoms with Gasteiger partial charge >= 0.3 is 6.18 Å². The van der Waals surface area contributed by atoms with Crippen molar-refractivity contribution < 1.29 is 22.4 Å². The maximum Gasteiger partial charge on any atom is 0.417 e. The van der Waals surface area contributed by atoms with E-state index < -0.39 is 29.0 Å². The van der Waals surface area contributed by atoms with Gasteiger partial charge < -0.3 is 5.32 Å². The van der Waals surface area contributed by atoms with Gasteiger partial charge in [0.25, 0.3) is 5.91 Å². The second-order valence-electron chi connectivity index (χ2n) is 5.73. The quantitative estimate of drug-likeness (QED) is 0.618. The SMILES string of the molecule is Cc1nc(-c2ccccc2F)sc1CNC(=O)c1ccccc1C(F)(F)F. The molecule has 3 aromatic rings. The first-order valence-electron chi connectivity index (χ1n) is 7.93. The minimum atomic E-state index is -4.62. The Kier molecular flexibility index (Phi) is 5.27. The normalized spacial score (nSPS) is 11.4. The highest BCUT2D eigenvalue weighted by molar-refractivity contribution is 7.15. The Bertz CT molecular complexity index is 982. The average molecular weight is 394 g/mol. The van der Waals surface area contributed by atoms with Crippen molar-refractivity contribution >= 4 is 17.2 Å². The summed E-state index contributed by atoms with van der Waals surface area (Å²) in [6.07, 6.45) is -4.62. The van der Waals surface area contributed by atoms with E-state index in [1.807, 2.05) is 0 Å². The van der Waals surface area contributed by atoms with Gasteiger partial charge in [-0.25, -0.2) is 9.37 Å². The highest BCUT2D eigenvalue weighted by Crippen LogP contribution is 2.32. The van der Waals surface area contributed by atoms with Crippen LogP contribution in [0.3, 0.4) is 0 Å². The summed E-state index contributed by atoms with van der Waals surface area (Å²) in [7, 11) is 0. The predicted molar refractivity (Wildman–Crippen MR) is 94.9 cm³/mol. The monoisotopic (exact) mass is 394 g/mol. The van der Waals surface area contributed by atoms with Crippen molar-refractivity contribution in [3.8, 4) is 10.6 Å². The maximum absolute atomic E-state index is 13.9. The van der Waals surface area contributed by atoms with Gasteiger partial charge in [0.2, 0.25) is 0 Å². The lowest BCUT2D eigenvalue weighted by atomic mass is 10.1. The molecule has 27 heavy (non-hydrogen) atoms. The summed E-state index contributed by atoms with van der Waals surface area (Å²) >= 11 is 1.19. The Morgan fingerprint density at radius 1 is 1.11 bits per heavy atom. The number of nitrogens with one attached hydrogen (secondary N) is 1. The molecule has 0 aliphatic rings. The summed E-state index contributed by atoms with van der Waals surface area (Å²) in [4.78, 5) is 17.2. The van der Waals surface area contributed by atoms with E-state index in [9.17, 15) is 22.4 Å². The van der Waals surface area contributed by atoms with E-state index >= 15 is 0 Å². The molecule has 0 bridgehead atoms. The highest BCUT2D eigenvalue weighted by atomic mass is 32.1. The topological polar surface area (TPSA) is 42.0 Å². The third kappa shape index (κ3) is 4.16. The average Bonchev–Trinajstić information content (AvgIpc) is 3.00. The van der Waals surface area contributed by atoms with Crippen molar-refractivity contribution in [3.05, 3.63) is 76.0 Å². The first-order valence-corrected chi connectivity index (χ1v) is 8.74. The summed E-state index contributed by atoms with van der Waals surface area (Å²) in [5, 5.41) is 2.94. The van der Waals surface area contributed by atoms with Crippen LogP contribution in [0.4, 0.5) is 17.6 Å². The number of hydrogen-bond acceptors (Lipinski definition) is 3. The molecule has 0 aliphatic heterocycles. The molecule has 0 aliphatic carbocycles. The molecule has 0 fully saturated rings. The fourth-order valence-electron chi connectivity index (χ4n) is 2.53. The molecule has 3 nitrogen and oxygen atoms in total. The Morgan fingerprint density at radius 2 is 1.78 bits per heavy atom. The zero-order chi connectivity index (χ0) is 19.6. The number of carbonyl (C=O) groups is 1. The molecule has 8 heteroatoms. The van der Waals surface area contributed by atoms with Crippen LogP contribution in [0.2, 0.25) is 0 Å². The van der Waals surface area contributed by atoms with Crippen LogP contribution in [0.15, 0.2) is 48.5 Å².